The van der Waals surface area contributed by atoms with E-state index >= 15 is 0 Å². The minimum atomic E-state index is -0.621. The van der Waals surface area contributed by atoms with Gasteiger partial charge < -0.3 is 15.5 Å². The molecule has 26 heavy (non-hydrogen) atoms. The van der Waals surface area contributed by atoms with E-state index in [-0.39, 0.29) is 16.7 Å². The van der Waals surface area contributed by atoms with Crippen LogP contribution in [0.1, 0.15) is 22.1 Å². The third-order valence-electron chi connectivity index (χ3n) is 4.25. The number of halogens is 1. The van der Waals surface area contributed by atoms with Crippen molar-refractivity contribution in [3.05, 3.63) is 77.1 Å². The molecule has 0 saturated carbocycles. The van der Waals surface area contributed by atoms with Crippen LogP contribution in [0, 0.1) is 0 Å². The van der Waals surface area contributed by atoms with E-state index in [1.54, 1.807) is 41.6 Å². The molecule has 1 atom stereocenters. The van der Waals surface area contributed by atoms with Crippen LogP contribution in [0.2, 0.25) is 5.02 Å². The highest BCUT2D eigenvalue weighted by Gasteiger charge is 2.34. The van der Waals surface area contributed by atoms with Gasteiger partial charge in [0.05, 0.1) is 10.6 Å². The van der Waals surface area contributed by atoms with Crippen LogP contribution in [0.5, 0.6) is 11.5 Å². The van der Waals surface area contributed by atoms with Gasteiger partial charge in [0, 0.05) is 29.3 Å². The first-order valence-electron chi connectivity index (χ1n) is 7.87. The maximum absolute atomic E-state index is 13.2. The van der Waals surface area contributed by atoms with Crippen LogP contribution in [0.4, 0.5) is 11.4 Å². The zero-order chi connectivity index (χ0) is 18.3. The normalized spacial score (nSPS) is 16.1. The Morgan fingerprint density at radius 2 is 1.81 bits per heavy atom. The van der Waals surface area contributed by atoms with Gasteiger partial charge in [-0.15, -0.1) is 0 Å². The average molecular weight is 368 g/mol. The Balaban J connectivity index is 1.89. The molecule has 130 valence electrons. The van der Waals surface area contributed by atoms with E-state index in [2.05, 4.69) is 10.3 Å². The molecule has 7 heteroatoms. The predicted octanol–water partition coefficient (Wildman–Crippen LogP) is 3.92. The summed E-state index contributed by atoms with van der Waals surface area (Å²) in [5, 5.41) is 23.0. The first kappa shape index (κ1) is 16.2. The summed E-state index contributed by atoms with van der Waals surface area (Å²) in [6, 6.07) is 13.5. The molecule has 4 rings (SSSR count). The number of aromatic hydroxyl groups is 2. The average Bonchev–Trinajstić information content (AvgIpc) is 2.66. The molecule has 6 nitrogen and oxygen atoms in total. The molecule has 3 N–H and O–H groups in total. The van der Waals surface area contributed by atoms with Gasteiger partial charge in [-0.1, -0.05) is 23.7 Å². The molecule has 0 saturated heterocycles. The van der Waals surface area contributed by atoms with Gasteiger partial charge in [0.25, 0.3) is 5.91 Å². The molecule has 0 spiro atoms. The second-order valence-corrected chi connectivity index (χ2v) is 6.25. The van der Waals surface area contributed by atoms with Crippen LogP contribution < -0.4 is 10.2 Å². The fourth-order valence-corrected chi connectivity index (χ4v) is 3.24. The van der Waals surface area contributed by atoms with Crippen molar-refractivity contribution in [3.63, 3.8) is 0 Å². The maximum Gasteiger partial charge on any atom is 0.262 e. The van der Waals surface area contributed by atoms with Crippen molar-refractivity contribution >= 4 is 28.9 Å². The zero-order valence-electron chi connectivity index (χ0n) is 13.4. The minimum absolute atomic E-state index is 0.00258. The smallest absolute Gasteiger partial charge is 0.262 e. The van der Waals surface area contributed by atoms with Crippen LogP contribution in [0.15, 0.2) is 60.9 Å². The molecule has 1 aromatic heterocycles. The summed E-state index contributed by atoms with van der Waals surface area (Å²) >= 11 is 6.02. The fraction of sp³-hybridized carbons (Fsp3) is 0.0526. The number of phenols is 2. The summed E-state index contributed by atoms with van der Waals surface area (Å²) in [5.74, 6) is -0.942. The summed E-state index contributed by atoms with van der Waals surface area (Å²) < 4.78 is 0. The third-order valence-corrected chi connectivity index (χ3v) is 4.54. The van der Waals surface area contributed by atoms with Crippen molar-refractivity contribution in [2.75, 3.05) is 10.2 Å². The van der Waals surface area contributed by atoms with E-state index in [4.69, 9.17) is 11.6 Å². The number of carbonyl (C=O) groups excluding carboxylic acids is 1. The minimum Gasteiger partial charge on any atom is -0.504 e. The number of nitrogens with zero attached hydrogens (tertiary/aromatic N) is 2. The second kappa shape index (κ2) is 6.24. The maximum atomic E-state index is 13.2. The van der Waals surface area contributed by atoms with Crippen LogP contribution in [0.25, 0.3) is 0 Å². The molecule has 1 aliphatic rings. The lowest BCUT2D eigenvalue weighted by Crippen LogP contribution is -2.43. The van der Waals surface area contributed by atoms with Gasteiger partial charge in [-0.25, -0.2) is 0 Å². The van der Waals surface area contributed by atoms with Crippen molar-refractivity contribution in [1.29, 1.82) is 0 Å². The number of carbonyl (C=O) groups is 1. The van der Waals surface area contributed by atoms with E-state index in [1.807, 2.05) is 12.1 Å². The SMILES string of the molecule is O=C1c2ccccc2N[C@H](c2cc(O)c(O)c(Cl)c2)N1c1ccncc1. The molecule has 2 heterocycles. The predicted molar refractivity (Wildman–Crippen MR) is 98.6 cm³/mol. The molecule has 0 aliphatic carbocycles. The number of fused-ring (bicyclic) bond motifs is 1. The van der Waals surface area contributed by atoms with Crippen LogP contribution in [0.3, 0.4) is 0 Å². The number of hydrogen-bond donors (Lipinski definition) is 3. The second-order valence-electron chi connectivity index (χ2n) is 5.84. The first-order chi connectivity index (χ1) is 12.6. The number of aromatic nitrogens is 1. The summed E-state index contributed by atoms with van der Waals surface area (Å²) in [6.07, 6.45) is 2.58. The molecule has 0 radical (unpaired) electrons. The van der Waals surface area contributed by atoms with Gasteiger partial charge in [0.2, 0.25) is 0 Å². The number of phenolic OH excluding ortho intramolecular Hbond substituents is 2. The number of amides is 1. The number of para-hydroxylation sites is 1. The zero-order valence-corrected chi connectivity index (χ0v) is 14.2. The number of benzene rings is 2. The first-order valence-corrected chi connectivity index (χ1v) is 8.24. The van der Waals surface area contributed by atoms with Gasteiger partial charge in [-0.05, 0) is 36.4 Å². The Bertz CT molecular complexity index is 971. The van der Waals surface area contributed by atoms with Crippen molar-refractivity contribution in [2.45, 2.75) is 6.17 Å². The van der Waals surface area contributed by atoms with Gasteiger partial charge >= 0.3 is 0 Å². The Hall–Kier alpha value is -3.25. The van der Waals surface area contributed by atoms with Crippen molar-refractivity contribution in [1.82, 2.24) is 4.98 Å². The van der Waals surface area contributed by atoms with E-state index in [0.717, 1.165) is 0 Å². The standard InChI is InChI=1S/C19H14ClN3O3/c20-14-9-11(10-16(24)17(14)25)18-22-15-4-2-1-3-13(15)19(26)23(18)12-5-7-21-8-6-12/h1-10,18,22,24-25H/t18-/m0/s1. The molecular weight excluding hydrogens is 354 g/mol. The summed E-state index contributed by atoms with van der Waals surface area (Å²) in [4.78, 5) is 18.7. The topological polar surface area (TPSA) is 85.7 Å². The van der Waals surface area contributed by atoms with Gasteiger partial charge in [-0.3, -0.25) is 14.7 Å². The van der Waals surface area contributed by atoms with Crippen molar-refractivity contribution in [3.8, 4) is 11.5 Å². The third kappa shape index (κ3) is 2.60. The highest BCUT2D eigenvalue weighted by atomic mass is 35.5. The number of nitrogens with one attached hydrogen (secondary N) is 1. The lowest BCUT2D eigenvalue weighted by molar-refractivity contribution is 0.0975. The molecule has 1 amide bonds. The lowest BCUT2D eigenvalue weighted by Gasteiger charge is -2.38. The summed E-state index contributed by atoms with van der Waals surface area (Å²) in [6.45, 7) is 0. The summed E-state index contributed by atoms with van der Waals surface area (Å²) in [5.41, 5.74) is 2.39. The Kier molecular flexibility index (Phi) is 3.89. The fourth-order valence-electron chi connectivity index (χ4n) is 3.02. The quantitative estimate of drug-likeness (QED) is 0.598. The van der Waals surface area contributed by atoms with E-state index in [1.165, 1.54) is 12.1 Å². The highest BCUT2D eigenvalue weighted by Crippen LogP contribution is 2.41. The number of anilines is 2. The van der Waals surface area contributed by atoms with Crippen molar-refractivity contribution < 1.29 is 15.0 Å². The molecule has 0 unspecified atom stereocenters. The van der Waals surface area contributed by atoms with Gasteiger partial charge in [-0.2, -0.15) is 0 Å². The number of rotatable bonds is 2. The van der Waals surface area contributed by atoms with E-state index in [9.17, 15) is 15.0 Å². The van der Waals surface area contributed by atoms with Crippen LogP contribution >= 0.6 is 11.6 Å². The number of hydrogen-bond acceptors (Lipinski definition) is 5. The Morgan fingerprint density at radius 1 is 1.08 bits per heavy atom. The highest BCUT2D eigenvalue weighted by molar-refractivity contribution is 6.32. The molecule has 0 bridgehead atoms. The molecule has 1 aliphatic heterocycles. The molecular formula is C19H14ClN3O3. The molecule has 0 fully saturated rings. The summed E-state index contributed by atoms with van der Waals surface area (Å²) in [7, 11) is 0. The monoisotopic (exact) mass is 367 g/mol. The number of pyridine rings is 1. The Labute approximate surface area is 154 Å². The van der Waals surface area contributed by atoms with Crippen molar-refractivity contribution in [2.24, 2.45) is 0 Å². The largest absolute Gasteiger partial charge is 0.504 e. The van der Waals surface area contributed by atoms with Gasteiger partial charge in [0.1, 0.15) is 6.17 Å². The lowest BCUT2D eigenvalue weighted by atomic mass is 10.0. The van der Waals surface area contributed by atoms with Crippen LogP contribution in [-0.4, -0.2) is 21.1 Å². The molecule has 3 aromatic rings. The van der Waals surface area contributed by atoms with E-state index in [0.29, 0.717) is 22.5 Å². The van der Waals surface area contributed by atoms with Gasteiger partial charge in [0.15, 0.2) is 11.5 Å². The van der Waals surface area contributed by atoms with E-state index < -0.39 is 11.9 Å². The molecule has 2 aromatic carbocycles. The van der Waals surface area contributed by atoms with Crippen LogP contribution in [-0.2, 0) is 0 Å². The Morgan fingerprint density at radius 3 is 2.54 bits per heavy atom.